The van der Waals surface area contributed by atoms with Crippen molar-refractivity contribution < 1.29 is 0 Å². The average molecular weight is 409 g/mol. The minimum atomic E-state index is 0.0365. The fraction of sp³-hybridized carbons (Fsp3) is 0.500. The van der Waals surface area contributed by atoms with Crippen molar-refractivity contribution in [2.24, 2.45) is 4.99 Å². The van der Waals surface area contributed by atoms with Crippen LogP contribution in [0, 0.1) is 0 Å². The van der Waals surface area contributed by atoms with E-state index in [1.807, 2.05) is 44.6 Å². The molecule has 1 unspecified atom stereocenters. The molecule has 4 rings (SSSR count). The Morgan fingerprint density at radius 3 is 2.43 bits per heavy atom. The van der Waals surface area contributed by atoms with Gasteiger partial charge in [-0.3, -0.25) is 9.89 Å². The molecule has 1 aliphatic carbocycles. The lowest BCUT2D eigenvalue weighted by Gasteiger charge is -2.33. The fourth-order valence-corrected chi connectivity index (χ4v) is 4.22. The van der Waals surface area contributed by atoms with Crippen molar-refractivity contribution in [1.82, 2.24) is 19.8 Å². The second kappa shape index (κ2) is 8.57. The Labute approximate surface area is 178 Å². The van der Waals surface area contributed by atoms with E-state index in [1.165, 1.54) is 12.8 Å². The van der Waals surface area contributed by atoms with Crippen LogP contribution in [-0.2, 0) is 0 Å². The molecule has 0 amide bonds. The number of aliphatic imine (C=N–C) groups is 1. The van der Waals surface area contributed by atoms with E-state index in [0.717, 1.165) is 29.9 Å². The third-order valence-corrected chi connectivity index (χ3v) is 6.00. The second-order valence-corrected chi connectivity index (χ2v) is 8.68. The van der Waals surface area contributed by atoms with Crippen LogP contribution >= 0.6 is 0 Å². The normalized spacial score (nSPS) is 23.1. The Morgan fingerprint density at radius 2 is 1.77 bits per heavy atom. The number of aromatic nitrogens is 2. The van der Waals surface area contributed by atoms with Gasteiger partial charge in [0.1, 0.15) is 5.69 Å². The Morgan fingerprint density at radius 1 is 1.00 bits per heavy atom. The predicted molar refractivity (Wildman–Crippen MR) is 124 cm³/mol. The Balaban J connectivity index is 1.59. The molecule has 4 N–H and O–H groups in total. The van der Waals surface area contributed by atoms with Gasteiger partial charge in [-0.05, 0) is 72.1 Å². The monoisotopic (exact) mass is 408 g/mol. The maximum atomic E-state index is 5.95. The minimum absolute atomic E-state index is 0.0365. The summed E-state index contributed by atoms with van der Waals surface area (Å²) < 4.78 is 0. The summed E-state index contributed by atoms with van der Waals surface area (Å²) in [6.07, 6.45) is 6.54. The molecule has 30 heavy (non-hydrogen) atoms. The molecule has 0 saturated heterocycles. The molecule has 0 radical (unpaired) electrons. The number of fused-ring (bicyclic) bond motifs is 1. The third-order valence-electron chi connectivity index (χ3n) is 6.00. The van der Waals surface area contributed by atoms with Crippen LogP contribution in [0.2, 0.25) is 0 Å². The van der Waals surface area contributed by atoms with Gasteiger partial charge in [0, 0.05) is 29.7 Å². The number of nitrogens with one attached hydrogen (secondary N) is 2. The first kappa shape index (κ1) is 20.6. The summed E-state index contributed by atoms with van der Waals surface area (Å²) in [5, 5.41) is 6.98. The molecule has 1 atom stereocenters. The number of nitrogens with two attached hydrogens (primary N) is 1. The molecule has 160 valence electrons. The molecule has 8 nitrogen and oxygen atoms in total. The quantitative estimate of drug-likeness (QED) is 0.631. The lowest BCUT2D eigenvalue weighted by molar-refractivity contribution is 0.221. The Hall–Kier alpha value is -2.71. The van der Waals surface area contributed by atoms with E-state index >= 15 is 0 Å². The number of benzene rings is 1. The highest BCUT2D eigenvalue weighted by molar-refractivity contribution is 5.86. The summed E-state index contributed by atoms with van der Waals surface area (Å²) in [4.78, 5) is 18.7. The van der Waals surface area contributed by atoms with Crippen molar-refractivity contribution in [2.75, 3.05) is 44.6 Å². The van der Waals surface area contributed by atoms with Crippen LogP contribution in [0.25, 0.3) is 0 Å². The number of nitrogen functional groups attached to an aromatic ring is 1. The maximum absolute atomic E-state index is 5.95. The topological polar surface area (TPSA) is 94.7 Å². The van der Waals surface area contributed by atoms with Crippen molar-refractivity contribution in [1.29, 1.82) is 0 Å². The molecule has 1 fully saturated rings. The largest absolute Gasteiger partial charge is 0.399 e. The van der Waals surface area contributed by atoms with E-state index < -0.39 is 0 Å². The molecule has 8 heteroatoms. The van der Waals surface area contributed by atoms with Crippen LogP contribution in [0.1, 0.15) is 37.4 Å². The van der Waals surface area contributed by atoms with Crippen LogP contribution in [0.5, 0.6) is 0 Å². The standard InChI is InChI=1S/C22H32N8/c1-29(2)17-10-8-15(9-11-17)26-22-27-19-18(30(3)4)13-24-20(19)21(28-22)25-16-7-5-6-14(23)12-16/h5-7,12-13,15,17-18H,8-11,23H2,1-4H3,(H2,25,26,27,28). The fourth-order valence-electron chi connectivity index (χ4n) is 4.22. The lowest BCUT2D eigenvalue weighted by atomic mass is 9.90. The maximum Gasteiger partial charge on any atom is 0.225 e. The van der Waals surface area contributed by atoms with Crippen molar-refractivity contribution in [3.05, 3.63) is 30.0 Å². The highest BCUT2D eigenvalue weighted by Crippen LogP contribution is 2.39. The zero-order chi connectivity index (χ0) is 21.3. The molecule has 1 saturated carbocycles. The smallest absolute Gasteiger partial charge is 0.225 e. The third kappa shape index (κ3) is 4.39. The molecular formula is C22H32N8. The van der Waals surface area contributed by atoms with Gasteiger partial charge in [0.25, 0.3) is 0 Å². The Bertz CT molecular complexity index is 915. The molecule has 1 aliphatic heterocycles. The van der Waals surface area contributed by atoms with Crippen LogP contribution in [-0.4, -0.2) is 66.3 Å². The van der Waals surface area contributed by atoms with Gasteiger partial charge in [0.15, 0.2) is 5.82 Å². The van der Waals surface area contributed by atoms with E-state index in [-0.39, 0.29) is 6.04 Å². The molecule has 2 heterocycles. The van der Waals surface area contributed by atoms with Crippen molar-refractivity contribution in [3.8, 4) is 0 Å². The number of hydrogen-bond donors (Lipinski definition) is 3. The summed E-state index contributed by atoms with van der Waals surface area (Å²) in [7, 11) is 8.40. The van der Waals surface area contributed by atoms with Crippen molar-refractivity contribution >= 4 is 35.0 Å². The molecule has 0 bridgehead atoms. The first-order valence-electron chi connectivity index (χ1n) is 10.6. The van der Waals surface area contributed by atoms with Crippen LogP contribution < -0.4 is 16.4 Å². The van der Waals surface area contributed by atoms with Gasteiger partial charge in [-0.25, -0.2) is 4.98 Å². The lowest BCUT2D eigenvalue weighted by Crippen LogP contribution is -2.36. The zero-order valence-corrected chi connectivity index (χ0v) is 18.3. The molecule has 2 aliphatic rings. The minimum Gasteiger partial charge on any atom is -0.399 e. The average Bonchev–Trinajstić information content (AvgIpc) is 3.13. The van der Waals surface area contributed by atoms with Gasteiger partial charge in [-0.1, -0.05) is 6.07 Å². The van der Waals surface area contributed by atoms with Crippen molar-refractivity contribution in [3.63, 3.8) is 0 Å². The molecule has 2 aromatic rings. The van der Waals surface area contributed by atoms with Gasteiger partial charge in [-0.2, -0.15) is 4.98 Å². The number of anilines is 4. The van der Waals surface area contributed by atoms with Crippen LogP contribution in [0.15, 0.2) is 29.3 Å². The molecular weight excluding hydrogens is 376 g/mol. The van der Waals surface area contributed by atoms with Gasteiger partial charge in [-0.15, -0.1) is 0 Å². The van der Waals surface area contributed by atoms with Crippen LogP contribution in [0.4, 0.5) is 28.8 Å². The van der Waals surface area contributed by atoms with Gasteiger partial charge < -0.3 is 21.3 Å². The Kier molecular flexibility index (Phi) is 5.87. The summed E-state index contributed by atoms with van der Waals surface area (Å²) in [6.45, 7) is 0. The van der Waals surface area contributed by atoms with Gasteiger partial charge in [0.05, 0.1) is 11.7 Å². The summed E-state index contributed by atoms with van der Waals surface area (Å²) >= 11 is 0. The van der Waals surface area contributed by atoms with Gasteiger partial charge >= 0.3 is 0 Å². The number of hydrogen-bond acceptors (Lipinski definition) is 8. The number of nitrogens with zero attached hydrogens (tertiary/aromatic N) is 5. The van der Waals surface area contributed by atoms with E-state index in [9.17, 15) is 0 Å². The summed E-state index contributed by atoms with van der Waals surface area (Å²) in [5.74, 6) is 1.36. The number of rotatable bonds is 6. The van der Waals surface area contributed by atoms with Gasteiger partial charge in [0.2, 0.25) is 5.95 Å². The molecule has 1 aromatic heterocycles. The molecule has 0 spiro atoms. The van der Waals surface area contributed by atoms with E-state index in [0.29, 0.717) is 29.5 Å². The predicted octanol–water partition coefficient (Wildman–Crippen LogP) is 3.41. The first-order chi connectivity index (χ1) is 14.4. The van der Waals surface area contributed by atoms with E-state index in [2.05, 4.69) is 39.5 Å². The summed E-state index contributed by atoms with van der Waals surface area (Å²) in [5.41, 5.74) is 9.25. The molecule has 1 aromatic carbocycles. The first-order valence-corrected chi connectivity index (χ1v) is 10.6. The van der Waals surface area contributed by atoms with E-state index in [4.69, 9.17) is 15.7 Å². The summed E-state index contributed by atoms with van der Waals surface area (Å²) in [6, 6.07) is 8.75. The second-order valence-electron chi connectivity index (χ2n) is 8.68. The zero-order valence-electron chi connectivity index (χ0n) is 18.3. The highest BCUT2D eigenvalue weighted by atomic mass is 15.2. The van der Waals surface area contributed by atoms with E-state index in [1.54, 1.807) is 0 Å². The van der Waals surface area contributed by atoms with Crippen LogP contribution in [0.3, 0.4) is 0 Å². The highest BCUT2D eigenvalue weighted by Gasteiger charge is 2.28. The van der Waals surface area contributed by atoms with Crippen molar-refractivity contribution in [2.45, 2.75) is 43.8 Å². The SMILES string of the molecule is CN(C)C1CCC(Nc2nc(Nc3cccc(N)c3)c3c(n2)C(N(C)C)C=N3)CC1.